The first-order valence-electron chi connectivity index (χ1n) is 6.60. The summed E-state index contributed by atoms with van der Waals surface area (Å²) in [4.78, 5) is 17.8. The average molecular weight is 280 g/mol. The van der Waals surface area contributed by atoms with Gasteiger partial charge in [0.05, 0.1) is 0 Å². The standard InChI is InChI=1S/C16H16N2OSi/c1-20(2,3)9-7-11-4-5-14-13(10-11)12-6-8-17-15(12)16(19)18-14/h4-6,8,10,17H,1-3H3,(H,18,19). The monoisotopic (exact) mass is 280 g/mol. The molecule has 0 spiro atoms. The van der Waals surface area contributed by atoms with Gasteiger partial charge in [-0.3, -0.25) is 4.79 Å². The van der Waals surface area contributed by atoms with Crippen LogP contribution in [0.3, 0.4) is 0 Å². The number of fused-ring (bicyclic) bond motifs is 3. The third-order valence-corrected chi connectivity index (χ3v) is 3.99. The molecule has 0 unspecified atom stereocenters. The molecule has 2 N–H and O–H groups in total. The van der Waals surface area contributed by atoms with Gasteiger partial charge in [0, 0.05) is 28.0 Å². The molecule has 0 amide bonds. The van der Waals surface area contributed by atoms with E-state index in [9.17, 15) is 4.79 Å². The molecule has 0 aliphatic carbocycles. The van der Waals surface area contributed by atoms with Crippen molar-refractivity contribution in [2.24, 2.45) is 0 Å². The van der Waals surface area contributed by atoms with Gasteiger partial charge in [-0.2, -0.15) is 0 Å². The molecule has 0 aliphatic rings. The van der Waals surface area contributed by atoms with Crippen LogP contribution in [0.25, 0.3) is 21.8 Å². The zero-order valence-corrected chi connectivity index (χ0v) is 12.8. The van der Waals surface area contributed by atoms with Gasteiger partial charge in [0.25, 0.3) is 5.56 Å². The van der Waals surface area contributed by atoms with Gasteiger partial charge >= 0.3 is 0 Å². The molecule has 100 valence electrons. The molecule has 0 saturated heterocycles. The molecule has 0 atom stereocenters. The van der Waals surface area contributed by atoms with Gasteiger partial charge in [0.1, 0.15) is 13.6 Å². The molecule has 20 heavy (non-hydrogen) atoms. The van der Waals surface area contributed by atoms with E-state index >= 15 is 0 Å². The van der Waals surface area contributed by atoms with Gasteiger partial charge < -0.3 is 9.97 Å². The molecule has 4 heteroatoms. The van der Waals surface area contributed by atoms with E-state index in [0.29, 0.717) is 5.52 Å². The van der Waals surface area contributed by atoms with Crippen molar-refractivity contribution in [3.8, 4) is 11.5 Å². The Kier molecular flexibility index (Phi) is 2.80. The van der Waals surface area contributed by atoms with Crippen LogP contribution in [-0.2, 0) is 0 Å². The van der Waals surface area contributed by atoms with Crippen molar-refractivity contribution in [2.45, 2.75) is 19.6 Å². The van der Waals surface area contributed by atoms with E-state index in [1.165, 1.54) is 0 Å². The third kappa shape index (κ3) is 2.28. The van der Waals surface area contributed by atoms with E-state index in [4.69, 9.17) is 0 Å². The number of aromatic nitrogens is 2. The zero-order valence-electron chi connectivity index (χ0n) is 11.8. The van der Waals surface area contributed by atoms with E-state index in [-0.39, 0.29) is 5.56 Å². The second-order valence-corrected chi connectivity index (χ2v) is 10.7. The SMILES string of the molecule is C[Si](C)(C)C#Cc1ccc2[nH]c(=O)c3[nH]ccc3c2c1. The Bertz CT molecular complexity index is 917. The number of H-pyrrole nitrogens is 2. The summed E-state index contributed by atoms with van der Waals surface area (Å²) in [6.45, 7) is 6.68. The summed E-state index contributed by atoms with van der Waals surface area (Å²) in [6, 6.07) is 7.87. The quantitative estimate of drug-likeness (QED) is 0.482. The van der Waals surface area contributed by atoms with Crippen LogP contribution in [0.4, 0.5) is 0 Å². The van der Waals surface area contributed by atoms with Crippen LogP contribution in [0, 0.1) is 11.5 Å². The van der Waals surface area contributed by atoms with E-state index in [0.717, 1.165) is 21.9 Å². The molecular weight excluding hydrogens is 264 g/mol. The molecule has 3 rings (SSSR count). The molecule has 3 nitrogen and oxygen atoms in total. The zero-order chi connectivity index (χ0) is 14.3. The molecule has 1 aromatic carbocycles. The van der Waals surface area contributed by atoms with Gasteiger partial charge in [-0.1, -0.05) is 25.6 Å². The third-order valence-electron chi connectivity index (χ3n) is 3.11. The minimum atomic E-state index is -1.38. The summed E-state index contributed by atoms with van der Waals surface area (Å²) in [7, 11) is -1.38. The predicted octanol–water partition coefficient (Wildman–Crippen LogP) is 3.24. The molecule has 2 heterocycles. The van der Waals surface area contributed by atoms with Crippen molar-refractivity contribution >= 4 is 29.9 Å². The number of aromatic amines is 2. The number of hydrogen-bond donors (Lipinski definition) is 2. The lowest BCUT2D eigenvalue weighted by Crippen LogP contribution is -2.16. The summed E-state index contributed by atoms with van der Waals surface area (Å²) in [5, 5.41) is 1.98. The minimum Gasteiger partial charge on any atom is -0.357 e. The molecule has 0 fully saturated rings. The lowest BCUT2D eigenvalue weighted by atomic mass is 10.1. The molecule has 0 aliphatic heterocycles. The Labute approximate surface area is 118 Å². The first kappa shape index (κ1) is 12.8. The van der Waals surface area contributed by atoms with Crippen molar-refractivity contribution in [2.75, 3.05) is 0 Å². The maximum absolute atomic E-state index is 11.9. The predicted molar refractivity (Wildman–Crippen MR) is 86.6 cm³/mol. The second kappa shape index (κ2) is 4.39. The smallest absolute Gasteiger partial charge is 0.272 e. The van der Waals surface area contributed by atoms with E-state index < -0.39 is 8.07 Å². The fraction of sp³-hybridized carbons (Fsp3) is 0.188. The molecular formula is C16H16N2OSi. The number of rotatable bonds is 0. The van der Waals surface area contributed by atoms with Crippen molar-refractivity contribution in [3.63, 3.8) is 0 Å². The fourth-order valence-corrected chi connectivity index (χ4v) is 2.70. The van der Waals surface area contributed by atoms with Crippen molar-refractivity contribution < 1.29 is 0 Å². The topological polar surface area (TPSA) is 48.6 Å². The highest BCUT2D eigenvalue weighted by Crippen LogP contribution is 2.21. The average Bonchev–Trinajstić information content (AvgIpc) is 2.86. The van der Waals surface area contributed by atoms with Crippen LogP contribution in [0.5, 0.6) is 0 Å². The van der Waals surface area contributed by atoms with Crippen molar-refractivity contribution in [3.05, 3.63) is 46.4 Å². The number of pyridine rings is 1. The molecule has 3 aromatic rings. The molecule has 0 saturated carbocycles. The summed E-state index contributed by atoms with van der Waals surface area (Å²) in [5.41, 5.74) is 5.74. The first-order chi connectivity index (χ1) is 9.44. The Morgan fingerprint density at radius 2 is 1.90 bits per heavy atom. The van der Waals surface area contributed by atoms with Crippen molar-refractivity contribution in [1.82, 2.24) is 9.97 Å². The van der Waals surface area contributed by atoms with Gasteiger partial charge in [-0.05, 0) is 24.3 Å². The number of benzene rings is 1. The fourth-order valence-electron chi connectivity index (χ4n) is 2.18. The Morgan fingerprint density at radius 3 is 2.65 bits per heavy atom. The second-order valence-electron chi connectivity index (χ2n) is 5.98. The van der Waals surface area contributed by atoms with Crippen LogP contribution in [-0.4, -0.2) is 18.0 Å². The highest BCUT2D eigenvalue weighted by atomic mass is 28.3. The first-order valence-corrected chi connectivity index (χ1v) is 10.1. The molecule has 0 radical (unpaired) electrons. The summed E-state index contributed by atoms with van der Waals surface area (Å²) >= 11 is 0. The van der Waals surface area contributed by atoms with Gasteiger partial charge in [-0.25, -0.2) is 0 Å². The number of nitrogens with one attached hydrogen (secondary N) is 2. The van der Waals surface area contributed by atoms with E-state index in [2.05, 4.69) is 47.1 Å². The highest BCUT2D eigenvalue weighted by Gasteiger charge is 2.08. The largest absolute Gasteiger partial charge is 0.357 e. The van der Waals surface area contributed by atoms with Crippen molar-refractivity contribution in [1.29, 1.82) is 0 Å². The van der Waals surface area contributed by atoms with Crippen LogP contribution in [0.15, 0.2) is 35.3 Å². The summed E-state index contributed by atoms with van der Waals surface area (Å²) in [6.07, 6.45) is 1.79. The molecule has 0 bridgehead atoms. The Hall–Kier alpha value is -2.25. The van der Waals surface area contributed by atoms with Crippen LogP contribution >= 0.6 is 0 Å². The van der Waals surface area contributed by atoms with Gasteiger partial charge in [0.2, 0.25) is 0 Å². The van der Waals surface area contributed by atoms with E-state index in [1.54, 1.807) is 6.20 Å². The van der Waals surface area contributed by atoms with Crippen LogP contribution in [0.2, 0.25) is 19.6 Å². The van der Waals surface area contributed by atoms with Crippen LogP contribution < -0.4 is 5.56 Å². The summed E-state index contributed by atoms with van der Waals surface area (Å²) in [5.74, 6) is 3.26. The Morgan fingerprint density at radius 1 is 1.10 bits per heavy atom. The maximum Gasteiger partial charge on any atom is 0.272 e. The lowest BCUT2D eigenvalue weighted by Gasteiger charge is -2.04. The summed E-state index contributed by atoms with van der Waals surface area (Å²) < 4.78 is 0. The highest BCUT2D eigenvalue weighted by molar-refractivity contribution is 6.83. The molecule has 2 aromatic heterocycles. The van der Waals surface area contributed by atoms with Gasteiger partial charge in [0.15, 0.2) is 0 Å². The number of hydrogen-bond acceptors (Lipinski definition) is 1. The van der Waals surface area contributed by atoms with Crippen LogP contribution in [0.1, 0.15) is 5.56 Å². The van der Waals surface area contributed by atoms with Gasteiger partial charge in [-0.15, -0.1) is 5.54 Å². The maximum atomic E-state index is 11.9. The lowest BCUT2D eigenvalue weighted by molar-refractivity contribution is 1.31. The minimum absolute atomic E-state index is 0.0848. The van der Waals surface area contributed by atoms with E-state index in [1.807, 2.05) is 18.2 Å². The normalized spacial score (nSPS) is 11.6. The Balaban J connectivity index is 2.27.